The number of ether oxygens (including phenoxy) is 1. The summed E-state index contributed by atoms with van der Waals surface area (Å²) in [6.45, 7) is 0.477. The van der Waals surface area contributed by atoms with Gasteiger partial charge in [-0.1, -0.05) is 11.6 Å². The lowest BCUT2D eigenvalue weighted by Crippen LogP contribution is -2.16. The highest BCUT2D eigenvalue weighted by molar-refractivity contribution is 6.31. The molecule has 3 rings (SSSR count). The van der Waals surface area contributed by atoms with E-state index in [0.29, 0.717) is 35.4 Å². The molecule has 6 heteroatoms. The van der Waals surface area contributed by atoms with E-state index in [0.717, 1.165) is 12.8 Å². The van der Waals surface area contributed by atoms with Crippen molar-refractivity contribution in [3.05, 3.63) is 45.0 Å². The average molecular weight is 310 g/mol. The molecule has 0 atom stereocenters. The SMILES string of the molecule is O=COCCc1cn(C2CC2)c2cc(Cl)c(F)cc2c1=O. The van der Waals surface area contributed by atoms with Crippen molar-refractivity contribution in [2.45, 2.75) is 25.3 Å². The molecular formula is C15H13ClFNO3. The van der Waals surface area contributed by atoms with Gasteiger partial charge >= 0.3 is 0 Å². The van der Waals surface area contributed by atoms with Crippen LogP contribution in [0.15, 0.2) is 23.1 Å². The van der Waals surface area contributed by atoms with Crippen LogP contribution in [0.5, 0.6) is 0 Å². The van der Waals surface area contributed by atoms with E-state index in [1.807, 2.05) is 4.57 Å². The van der Waals surface area contributed by atoms with Crippen LogP contribution in [0.25, 0.3) is 10.9 Å². The molecule has 110 valence electrons. The number of pyridine rings is 1. The van der Waals surface area contributed by atoms with Crippen LogP contribution in [0.3, 0.4) is 0 Å². The topological polar surface area (TPSA) is 48.3 Å². The third kappa shape index (κ3) is 2.65. The Hall–Kier alpha value is -1.88. The number of fused-ring (bicyclic) bond motifs is 1. The smallest absolute Gasteiger partial charge is 0.293 e. The molecule has 0 N–H and O–H groups in total. The maximum Gasteiger partial charge on any atom is 0.293 e. The zero-order valence-corrected chi connectivity index (χ0v) is 11.9. The summed E-state index contributed by atoms with van der Waals surface area (Å²) in [5.41, 5.74) is 0.916. The second kappa shape index (κ2) is 5.48. The molecule has 0 saturated heterocycles. The number of rotatable bonds is 5. The van der Waals surface area contributed by atoms with Gasteiger partial charge < -0.3 is 9.30 Å². The summed E-state index contributed by atoms with van der Waals surface area (Å²) in [5, 5.41) is 0.320. The Morgan fingerprint density at radius 1 is 1.43 bits per heavy atom. The maximum absolute atomic E-state index is 13.7. The molecule has 0 amide bonds. The molecule has 0 spiro atoms. The zero-order chi connectivity index (χ0) is 15.0. The van der Waals surface area contributed by atoms with Crippen molar-refractivity contribution in [1.29, 1.82) is 0 Å². The number of hydrogen-bond donors (Lipinski definition) is 0. The second-order valence-corrected chi connectivity index (χ2v) is 5.53. The molecule has 1 aromatic carbocycles. The van der Waals surface area contributed by atoms with Gasteiger partial charge in [0.1, 0.15) is 5.82 Å². The summed E-state index contributed by atoms with van der Waals surface area (Å²) in [5.74, 6) is -0.607. The Kier molecular flexibility index (Phi) is 3.68. The van der Waals surface area contributed by atoms with Gasteiger partial charge in [-0.25, -0.2) is 4.39 Å². The van der Waals surface area contributed by atoms with Gasteiger partial charge in [-0.3, -0.25) is 9.59 Å². The van der Waals surface area contributed by atoms with Crippen LogP contribution < -0.4 is 5.43 Å². The Labute approximate surface area is 125 Å². The summed E-state index contributed by atoms with van der Waals surface area (Å²) in [4.78, 5) is 22.6. The summed E-state index contributed by atoms with van der Waals surface area (Å²) >= 11 is 5.83. The fourth-order valence-electron chi connectivity index (χ4n) is 2.45. The molecule has 1 saturated carbocycles. The number of aromatic nitrogens is 1. The van der Waals surface area contributed by atoms with Crippen LogP contribution in [0, 0.1) is 5.82 Å². The molecule has 2 aromatic rings. The van der Waals surface area contributed by atoms with Crippen molar-refractivity contribution in [2.24, 2.45) is 0 Å². The third-order valence-electron chi connectivity index (χ3n) is 3.65. The largest absolute Gasteiger partial charge is 0.468 e. The van der Waals surface area contributed by atoms with Crippen LogP contribution in [0.4, 0.5) is 4.39 Å². The molecule has 0 aliphatic heterocycles. The molecule has 1 heterocycles. The molecule has 21 heavy (non-hydrogen) atoms. The highest BCUT2D eigenvalue weighted by Gasteiger charge is 2.26. The van der Waals surface area contributed by atoms with Gasteiger partial charge in [0.25, 0.3) is 6.47 Å². The minimum Gasteiger partial charge on any atom is -0.468 e. The molecule has 1 aliphatic carbocycles. The molecule has 4 nitrogen and oxygen atoms in total. The molecule has 1 aromatic heterocycles. The van der Waals surface area contributed by atoms with E-state index < -0.39 is 5.82 Å². The Bertz CT molecular complexity index is 768. The Balaban J connectivity index is 2.17. The van der Waals surface area contributed by atoms with Gasteiger partial charge in [0.2, 0.25) is 0 Å². The summed E-state index contributed by atoms with van der Waals surface area (Å²) in [6.07, 6.45) is 4.13. The van der Waals surface area contributed by atoms with Gasteiger partial charge in [0, 0.05) is 29.6 Å². The fourth-order valence-corrected chi connectivity index (χ4v) is 2.61. The van der Waals surface area contributed by atoms with Crippen LogP contribution in [-0.2, 0) is 16.0 Å². The molecule has 0 bridgehead atoms. The van der Waals surface area contributed by atoms with E-state index in [-0.39, 0.29) is 17.1 Å². The van der Waals surface area contributed by atoms with Crippen molar-refractivity contribution in [1.82, 2.24) is 4.57 Å². The highest BCUT2D eigenvalue weighted by Crippen LogP contribution is 2.37. The van der Waals surface area contributed by atoms with Crippen molar-refractivity contribution in [3.8, 4) is 0 Å². The first-order chi connectivity index (χ1) is 10.1. The van der Waals surface area contributed by atoms with Gasteiger partial charge in [0.15, 0.2) is 5.43 Å². The molecule has 0 unspecified atom stereocenters. The van der Waals surface area contributed by atoms with Crippen molar-refractivity contribution < 1.29 is 13.9 Å². The number of benzene rings is 1. The van der Waals surface area contributed by atoms with Gasteiger partial charge in [0.05, 0.1) is 17.1 Å². The Morgan fingerprint density at radius 2 is 2.19 bits per heavy atom. The van der Waals surface area contributed by atoms with Gasteiger partial charge in [-0.15, -0.1) is 0 Å². The zero-order valence-electron chi connectivity index (χ0n) is 11.1. The van der Waals surface area contributed by atoms with Crippen LogP contribution >= 0.6 is 11.6 Å². The minimum atomic E-state index is -0.607. The summed E-state index contributed by atoms with van der Waals surface area (Å²) in [6, 6.07) is 3.00. The van der Waals surface area contributed by atoms with E-state index in [9.17, 15) is 14.0 Å². The number of carbonyl (C=O) groups excluding carboxylic acids is 1. The number of nitrogens with zero attached hydrogens (tertiary/aromatic N) is 1. The fraction of sp³-hybridized carbons (Fsp3) is 0.333. The number of hydrogen-bond acceptors (Lipinski definition) is 3. The van der Waals surface area contributed by atoms with E-state index in [1.54, 1.807) is 6.20 Å². The van der Waals surface area contributed by atoms with E-state index in [4.69, 9.17) is 11.6 Å². The Morgan fingerprint density at radius 3 is 2.86 bits per heavy atom. The first-order valence-electron chi connectivity index (χ1n) is 6.70. The minimum absolute atomic E-state index is 0.00772. The average Bonchev–Trinajstić information content (AvgIpc) is 3.28. The van der Waals surface area contributed by atoms with Crippen molar-refractivity contribution in [3.63, 3.8) is 0 Å². The van der Waals surface area contributed by atoms with E-state index in [2.05, 4.69) is 4.74 Å². The third-order valence-corrected chi connectivity index (χ3v) is 3.94. The van der Waals surface area contributed by atoms with Crippen molar-refractivity contribution >= 4 is 29.0 Å². The molecular weight excluding hydrogens is 297 g/mol. The van der Waals surface area contributed by atoms with Gasteiger partial charge in [-0.05, 0) is 25.0 Å². The quantitative estimate of drug-likeness (QED) is 0.630. The lowest BCUT2D eigenvalue weighted by molar-refractivity contribution is -0.128. The monoisotopic (exact) mass is 309 g/mol. The second-order valence-electron chi connectivity index (χ2n) is 5.12. The predicted octanol–water partition coefficient (Wildman–Crippen LogP) is 2.84. The standard InChI is InChI=1S/C15H13ClFNO3/c16-12-6-14-11(5-13(12)17)15(20)9(3-4-21-8-19)7-18(14)10-1-2-10/h5-8,10H,1-4H2. The lowest BCUT2D eigenvalue weighted by Gasteiger charge is -2.13. The number of carbonyl (C=O) groups is 1. The van der Waals surface area contributed by atoms with Crippen LogP contribution in [0.2, 0.25) is 5.02 Å². The van der Waals surface area contributed by atoms with Crippen molar-refractivity contribution in [2.75, 3.05) is 6.61 Å². The summed E-state index contributed by atoms with van der Waals surface area (Å²) < 4.78 is 20.3. The predicted molar refractivity (Wildman–Crippen MR) is 77.2 cm³/mol. The van der Waals surface area contributed by atoms with E-state index >= 15 is 0 Å². The van der Waals surface area contributed by atoms with E-state index in [1.165, 1.54) is 12.1 Å². The van der Waals surface area contributed by atoms with Crippen LogP contribution in [-0.4, -0.2) is 17.6 Å². The molecule has 0 radical (unpaired) electrons. The molecule has 1 fully saturated rings. The number of halogens is 2. The molecule has 1 aliphatic rings. The normalized spacial score (nSPS) is 14.4. The first kappa shape index (κ1) is 14.1. The summed E-state index contributed by atoms with van der Waals surface area (Å²) in [7, 11) is 0. The van der Waals surface area contributed by atoms with Crippen LogP contribution in [0.1, 0.15) is 24.4 Å². The first-order valence-corrected chi connectivity index (χ1v) is 7.07. The maximum atomic E-state index is 13.7. The van der Waals surface area contributed by atoms with Gasteiger partial charge in [-0.2, -0.15) is 0 Å². The lowest BCUT2D eigenvalue weighted by atomic mass is 10.1. The highest BCUT2D eigenvalue weighted by atomic mass is 35.5.